The van der Waals surface area contributed by atoms with Crippen LogP contribution in [0.25, 0.3) is 22.3 Å². The highest BCUT2D eigenvalue weighted by atomic mass is 32.1. The number of hydrogen-bond acceptors (Lipinski definition) is 7. The number of likely N-dealkylation sites (N-methyl/N-ethyl adjacent to an activating group) is 1. The summed E-state index contributed by atoms with van der Waals surface area (Å²) in [6.45, 7) is 3.66. The Kier molecular flexibility index (Phi) is 5.03. The minimum absolute atomic E-state index is 0.172. The number of rotatable bonds is 6. The molecule has 29 heavy (non-hydrogen) atoms. The molecule has 4 heterocycles. The van der Waals surface area contributed by atoms with Crippen molar-refractivity contribution in [3.8, 4) is 10.6 Å². The van der Waals surface area contributed by atoms with Gasteiger partial charge < -0.3 is 15.5 Å². The van der Waals surface area contributed by atoms with E-state index in [1.165, 1.54) is 4.88 Å². The van der Waals surface area contributed by atoms with E-state index in [2.05, 4.69) is 38.9 Å². The fourth-order valence-electron chi connectivity index (χ4n) is 2.95. The number of imide groups is 1. The molecule has 0 aliphatic carbocycles. The number of amides is 3. The van der Waals surface area contributed by atoms with Crippen LogP contribution in [-0.2, 0) is 4.79 Å². The van der Waals surface area contributed by atoms with E-state index in [0.717, 1.165) is 29.5 Å². The molecular formula is C19H21N7O2S. The molecule has 1 aliphatic rings. The highest BCUT2D eigenvalue weighted by Gasteiger charge is 2.24. The summed E-state index contributed by atoms with van der Waals surface area (Å²) >= 11 is 1.66. The van der Waals surface area contributed by atoms with Gasteiger partial charge in [-0.25, -0.2) is 9.78 Å². The van der Waals surface area contributed by atoms with Crippen LogP contribution in [0.5, 0.6) is 0 Å². The predicted octanol–water partition coefficient (Wildman–Crippen LogP) is 1.92. The van der Waals surface area contributed by atoms with Crippen molar-refractivity contribution in [2.75, 3.05) is 32.5 Å². The van der Waals surface area contributed by atoms with Gasteiger partial charge in [-0.1, -0.05) is 0 Å². The Morgan fingerprint density at radius 2 is 2.10 bits per heavy atom. The maximum absolute atomic E-state index is 11.9. The minimum Gasteiger partial charge on any atom is -0.369 e. The molecule has 0 unspecified atom stereocenters. The second-order valence-corrected chi connectivity index (χ2v) is 8.26. The summed E-state index contributed by atoms with van der Waals surface area (Å²) in [7, 11) is 4.03. The van der Waals surface area contributed by atoms with Crippen molar-refractivity contribution < 1.29 is 9.59 Å². The first kappa shape index (κ1) is 19.1. The second-order valence-electron chi connectivity index (χ2n) is 6.97. The van der Waals surface area contributed by atoms with E-state index in [-0.39, 0.29) is 5.70 Å². The number of aromatic nitrogens is 3. The molecule has 150 valence electrons. The molecule has 0 aromatic carbocycles. The molecule has 4 rings (SSSR count). The number of fused-ring (bicyclic) bond motifs is 1. The number of carbonyl (C=O) groups excluding carboxylic acids is 2. The molecule has 0 radical (unpaired) electrons. The third kappa shape index (κ3) is 3.98. The molecule has 1 saturated heterocycles. The largest absolute Gasteiger partial charge is 0.369 e. The quantitative estimate of drug-likeness (QED) is 0.423. The fraction of sp³-hybridized carbons (Fsp3) is 0.263. The van der Waals surface area contributed by atoms with E-state index in [0.29, 0.717) is 11.2 Å². The van der Waals surface area contributed by atoms with Gasteiger partial charge in [-0.15, -0.1) is 11.3 Å². The van der Waals surface area contributed by atoms with Crippen LogP contribution in [0.4, 0.5) is 10.6 Å². The topological polar surface area (TPSA) is 104 Å². The van der Waals surface area contributed by atoms with Crippen LogP contribution >= 0.6 is 11.3 Å². The lowest BCUT2D eigenvalue weighted by Gasteiger charge is -2.13. The van der Waals surface area contributed by atoms with Crippen molar-refractivity contribution in [2.45, 2.75) is 6.92 Å². The van der Waals surface area contributed by atoms with Crippen molar-refractivity contribution >= 4 is 40.8 Å². The Morgan fingerprint density at radius 3 is 2.76 bits per heavy atom. The molecule has 0 atom stereocenters. The Balaban J connectivity index is 1.79. The van der Waals surface area contributed by atoms with E-state index in [1.54, 1.807) is 28.1 Å². The number of hydrogen-bond donors (Lipinski definition) is 3. The summed E-state index contributed by atoms with van der Waals surface area (Å²) in [5.74, 6) is 0.339. The molecule has 1 fully saturated rings. The van der Waals surface area contributed by atoms with E-state index in [9.17, 15) is 9.59 Å². The van der Waals surface area contributed by atoms with Gasteiger partial charge in [0.1, 0.15) is 11.5 Å². The highest BCUT2D eigenvalue weighted by Crippen LogP contribution is 2.29. The number of carbonyl (C=O) groups is 2. The molecule has 1 aliphatic heterocycles. The standard InChI is InChI=1S/C19H21N7O2S/c1-11-4-5-15(29-11)13-9-16(20-6-7-25(2)3)26-17(22-13)12(10-21-26)8-14-18(27)24-19(28)23-14/h4-5,8-10,20H,6-7H2,1-3H3,(H2,23,24,27,28)/b14-8-. The maximum atomic E-state index is 11.9. The molecule has 0 spiro atoms. The summed E-state index contributed by atoms with van der Waals surface area (Å²) < 4.78 is 1.71. The van der Waals surface area contributed by atoms with Crippen molar-refractivity contribution in [3.63, 3.8) is 0 Å². The maximum Gasteiger partial charge on any atom is 0.326 e. The molecule has 3 aromatic rings. The smallest absolute Gasteiger partial charge is 0.326 e. The Morgan fingerprint density at radius 1 is 1.28 bits per heavy atom. The summed E-state index contributed by atoms with van der Waals surface area (Å²) in [5.41, 5.74) is 2.24. The number of aryl methyl sites for hydroxylation is 1. The van der Waals surface area contributed by atoms with Crippen molar-refractivity contribution in [3.05, 3.63) is 40.5 Å². The lowest BCUT2D eigenvalue weighted by molar-refractivity contribution is -0.115. The summed E-state index contributed by atoms with van der Waals surface area (Å²) in [6.07, 6.45) is 3.22. The van der Waals surface area contributed by atoms with Gasteiger partial charge in [0.2, 0.25) is 0 Å². The molecule has 3 N–H and O–H groups in total. The van der Waals surface area contributed by atoms with Gasteiger partial charge in [0, 0.05) is 29.6 Å². The van der Waals surface area contributed by atoms with Crippen LogP contribution in [0.2, 0.25) is 0 Å². The van der Waals surface area contributed by atoms with E-state index in [1.807, 2.05) is 26.2 Å². The molecule has 0 saturated carbocycles. The lowest BCUT2D eigenvalue weighted by atomic mass is 10.2. The lowest BCUT2D eigenvalue weighted by Crippen LogP contribution is -2.22. The number of anilines is 1. The van der Waals surface area contributed by atoms with Gasteiger partial charge in [-0.2, -0.15) is 9.61 Å². The van der Waals surface area contributed by atoms with Crippen LogP contribution in [0.15, 0.2) is 30.1 Å². The summed E-state index contributed by atoms with van der Waals surface area (Å²) in [4.78, 5) is 32.4. The van der Waals surface area contributed by atoms with Crippen molar-refractivity contribution in [1.29, 1.82) is 0 Å². The first-order chi connectivity index (χ1) is 13.9. The first-order valence-corrected chi connectivity index (χ1v) is 9.90. The fourth-order valence-corrected chi connectivity index (χ4v) is 3.78. The highest BCUT2D eigenvalue weighted by molar-refractivity contribution is 7.15. The number of nitrogens with one attached hydrogen (secondary N) is 3. The Labute approximate surface area is 171 Å². The summed E-state index contributed by atoms with van der Waals surface area (Å²) in [5, 5.41) is 12.5. The number of thiophene rings is 1. The van der Waals surface area contributed by atoms with E-state index < -0.39 is 11.9 Å². The number of urea groups is 1. The van der Waals surface area contributed by atoms with Crippen LogP contribution < -0.4 is 16.0 Å². The third-order valence-electron chi connectivity index (χ3n) is 4.38. The zero-order chi connectivity index (χ0) is 20.5. The molecule has 3 aromatic heterocycles. The summed E-state index contributed by atoms with van der Waals surface area (Å²) in [6, 6.07) is 5.54. The molecule has 9 nitrogen and oxygen atoms in total. The van der Waals surface area contributed by atoms with Gasteiger partial charge in [-0.3, -0.25) is 10.1 Å². The molecule has 3 amide bonds. The molecule has 0 bridgehead atoms. The van der Waals surface area contributed by atoms with Crippen molar-refractivity contribution in [1.82, 2.24) is 30.1 Å². The van der Waals surface area contributed by atoms with Gasteiger partial charge >= 0.3 is 6.03 Å². The van der Waals surface area contributed by atoms with Crippen LogP contribution in [0.3, 0.4) is 0 Å². The predicted molar refractivity (Wildman–Crippen MR) is 113 cm³/mol. The van der Waals surface area contributed by atoms with E-state index in [4.69, 9.17) is 4.98 Å². The van der Waals surface area contributed by atoms with Gasteiger partial charge in [0.25, 0.3) is 5.91 Å². The molecular weight excluding hydrogens is 390 g/mol. The normalized spacial score (nSPS) is 15.4. The Hall–Kier alpha value is -3.24. The average molecular weight is 411 g/mol. The zero-order valence-corrected chi connectivity index (χ0v) is 17.1. The van der Waals surface area contributed by atoms with Crippen LogP contribution in [0, 0.1) is 6.92 Å². The first-order valence-electron chi connectivity index (χ1n) is 9.09. The van der Waals surface area contributed by atoms with Crippen LogP contribution in [-0.4, -0.2) is 58.6 Å². The Bertz CT molecular complexity index is 1130. The van der Waals surface area contributed by atoms with Crippen molar-refractivity contribution in [2.24, 2.45) is 0 Å². The van der Waals surface area contributed by atoms with Crippen LogP contribution in [0.1, 0.15) is 10.4 Å². The SMILES string of the molecule is Cc1ccc(-c2cc(NCCN(C)C)n3ncc(/C=C4\NC(=O)NC4=O)c3n2)s1. The second kappa shape index (κ2) is 7.64. The minimum atomic E-state index is -0.536. The monoisotopic (exact) mass is 411 g/mol. The van der Waals surface area contributed by atoms with E-state index >= 15 is 0 Å². The number of nitrogens with zero attached hydrogens (tertiary/aromatic N) is 4. The zero-order valence-electron chi connectivity index (χ0n) is 16.3. The van der Waals surface area contributed by atoms with Gasteiger partial charge in [0.15, 0.2) is 5.65 Å². The van der Waals surface area contributed by atoms with Gasteiger partial charge in [-0.05, 0) is 39.2 Å². The third-order valence-corrected chi connectivity index (χ3v) is 5.40. The van der Waals surface area contributed by atoms with Gasteiger partial charge in [0.05, 0.1) is 16.8 Å². The average Bonchev–Trinajstić information content (AvgIpc) is 3.35. The molecule has 10 heteroatoms.